The Kier molecular flexibility index (Phi) is 5.84. The molecule has 0 amide bonds. The van der Waals surface area contributed by atoms with Gasteiger partial charge in [0.2, 0.25) is 0 Å². The van der Waals surface area contributed by atoms with Gasteiger partial charge in [-0.15, -0.1) is 0 Å². The number of rotatable bonds is 8. The molecule has 2 N–H and O–H groups in total. The van der Waals surface area contributed by atoms with Gasteiger partial charge in [0.05, 0.1) is 13.7 Å². The second-order valence-electron chi connectivity index (χ2n) is 5.76. The van der Waals surface area contributed by atoms with Gasteiger partial charge in [-0.25, -0.2) is 0 Å². The Morgan fingerprint density at radius 3 is 2.18 bits per heavy atom. The summed E-state index contributed by atoms with van der Waals surface area (Å²) in [4.78, 5) is 0. The summed E-state index contributed by atoms with van der Waals surface area (Å²) in [5.74, 6) is 1.71. The van der Waals surface area contributed by atoms with Crippen LogP contribution in [-0.2, 0) is 5.41 Å². The normalized spacial score (nSPS) is 13.4. The number of nitrogens with two attached hydrogens (primary N) is 1. The van der Waals surface area contributed by atoms with Crippen LogP contribution in [0.4, 0.5) is 0 Å². The van der Waals surface area contributed by atoms with E-state index in [0.717, 1.165) is 24.3 Å². The molecule has 0 heterocycles. The van der Waals surface area contributed by atoms with Gasteiger partial charge in [0.1, 0.15) is 11.5 Å². The minimum absolute atomic E-state index is 0.00449. The SMILES string of the molecule is COc1ccc(OCCCC(C)(CN)c2ccccc2)cc1. The van der Waals surface area contributed by atoms with Crippen molar-refractivity contribution in [3.63, 3.8) is 0 Å². The van der Waals surface area contributed by atoms with Crippen molar-refractivity contribution in [1.82, 2.24) is 0 Å². The molecule has 2 rings (SSSR count). The summed E-state index contributed by atoms with van der Waals surface area (Å²) in [6, 6.07) is 18.1. The molecule has 0 aliphatic heterocycles. The van der Waals surface area contributed by atoms with E-state index in [1.54, 1.807) is 7.11 Å². The average molecular weight is 299 g/mol. The summed E-state index contributed by atoms with van der Waals surface area (Å²) in [5, 5.41) is 0. The molecule has 3 heteroatoms. The van der Waals surface area contributed by atoms with E-state index in [1.165, 1.54) is 5.56 Å². The molecule has 0 fully saturated rings. The van der Waals surface area contributed by atoms with Crippen molar-refractivity contribution in [2.45, 2.75) is 25.2 Å². The molecule has 0 aliphatic rings. The third-order valence-electron chi connectivity index (χ3n) is 4.12. The van der Waals surface area contributed by atoms with Crippen molar-refractivity contribution in [3.8, 4) is 11.5 Å². The van der Waals surface area contributed by atoms with E-state index >= 15 is 0 Å². The van der Waals surface area contributed by atoms with Crippen molar-refractivity contribution in [1.29, 1.82) is 0 Å². The van der Waals surface area contributed by atoms with Gasteiger partial charge in [0.15, 0.2) is 0 Å². The zero-order valence-corrected chi connectivity index (χ0v) is 13.4. The second kappa shape index (κ2) is 7.85. The highest BCUT2D eigenvalue weighted by Gasteiger charge is 2.24. The second-order valence-corrected chi connectivity index (χ2v) is 5.76. The minimum Gasteiger partial charge on any atom is -0.497 e. The Morgan fingerprint density at radius 1 is 0.955 bits per heavy atom. The van der Waals surface area contributed by atoms with Crippen molar-refractivity contribution in [3.05, 3.63) is 60.2 Å². The lowest BCUT2D eigenvalue weighted by molar-refractivity contribution is 0.285. The zero-order chi connectivity index (χ0) is 15.8. The van der Waals surface area contributed by atoms with E-state index in [2.05, 4.69) is 31.2 Å². The van der Waals surface area contributed by atoms with E-state index in [9.17, 15) is 0 Å². The first-order valence-electron chi connectivity index (χ1n) is 7.70. The van der Waals surface area contributed by atoms with Crippen LogP contribution in [0, 0.1) is 0 Å². The van der Waals surface area contributed by atoms with Gasteiger partial charge in [-0.05, 0) is 42.7 Å². The Balaban J connectivity index is 1.83. The van der Waals surface area contributed by atoms with Gasteiger partial charge < -0.3 is 15.2 Å². The Hall–Kier alpha value is -2.00. The van der Waals surface area contributed by atoms with Gasteiger partial charge in [-0.2, -0.15) is 0 Å². The van der Waals surface area contributed by atoms with Crippen LogP contribution < -0.4 is 15.2 Å². The van der Waals surface area contributed by atoms with Crippen LogP contribution in [0.2, 0.25) is 0 Å². The minimum atomic E-state index is 0.00449. The van der Waals surface area contributed by atoms with Crippen molar-refractivity contribution in [2.75, 3.05) is 20.3 Å². The molecule has 0 saturated heterocycles. The predicted molar refractivity (Wildman–Crippen MR) is 90.6 cm³/mol. The summed E-state index contributed by atoms with van der Waals surface area (Å²) in [7, 11) is 1.66. The van der Waals surface area contributed by atoms with Crippen molar-refractivity contribution < 1.29 is 9.47 Å². The predicted octanol–water partition coefficient (Wildman–Crippen LogP) is 3.77. The van der Waals surface area contributed by atoms with Gasteiger partial charge in [0.25, 0.3) is 0 Å². The first-order chi connectivity index (χ1) is 10.7. The van der Waals surface area contributed by atoms with Crippen LogP contribution in [0.1, 0.15) is 25.3 Å². The molecule has 22 heavy (non-hydrogen) atoms. The number of methoxy groups -OCH3 is 1. The van der Waals surface area contributed by atoms with E-state index in [0.29, 0.717) is 13.2 Å². The third kappa shape index (κ3) is 4.25. The molecule has 0 aliphatic carbocycles. The summed E-state index contributed by atoms with van der Waals surface area (Å²) in [6.45, 7) is 3.55. The lowest BCUT2D eigenvalue weighted by Crippen LogP contribution is -2.32. The van der Waals surface area contributed by atoms with Crippen LogP contribution in [0.3, 0.4) is 0 Å². The maximum Gasteiger partial charge on any atom is 0.119 e. The van der Waals surface area contributed by atoms with Crippen molar-refractivity contribution >= 4 is 0 Å². The smallest absolute Gasteiger partial charge is 0.119 e. The monoisotopic (exact) mass is 299 g/mol. The first kappa shape index (κ1) is 16.4. The summed E-state index contributed by atoms with van der Waals surface area (Å²) >= 11 is 0. The molecule has 0 spiro atoms. The number of ether oxygens (including phenoxy) is 2. The maximum atomic E-state index is 6.01. The highest BCUT2D eigenvalue weighted by Crippen LogP contribution is 2.28. The summed E-state index contributed by atoms with van der Waals surface area (Å²) in [6.07, 6.45) is 1.97. The van der Waals surface area contributed by atoms with Crippen LogP contribution >= 0.6 is 0 Å². The molecule has 2 aromatic carbocycles. The fourth-order valence-corrected chi connectivity index (χ4v) is 2.53. The van der Waals surface area contributed by atoms with E-state index < -0.39 is 0 Å². The topological polar surface area (TPSA) is 44.5 Å². The lowest BCUT2D eigenvalue weighted by Gasteiger charge is -2.28. The number of hydrogen-bond acceptors (Lipinski definition) is 3. The molecular weight excluding hydrogens is 274 g/mol. The molecule has 118 valence electrons. The highest BCUT2D eigenvalue weighted by molar-refractivity contribution is 5.31. The lowest BCUT2D eigenvalue weighted by atomic mass is 9.79. The Bertz CT molecular complexity index is 553. The summed E-state index contributed by atoms with van der Waals surface area (Å²) in [5.41, 5.74) is 7.31. The Morgan fingerprint density at radius 2 is 1.59 bits per heavy atom. The van der Waals surface area contributed by atoms with Gasteiger partial charge in [-0.3, -0.25) is 0 Å². The molecule has 0 radical (unpaired) electrons. The van der Waals surface area contributed by atoms with Gasteiger partial charge in [0, 0.05) is 12.0 Å². The fourth-order valence-electron chi connectivity index (χ4n) is 2.53. The number of benzene rings is 2. The van der Waals surface area contributed by atoms with Gasteiger partial charge in [-0.1, -0.05) is 37.3 Å². The largest absolute Gasteiger partial charge is 0.497 e. The van der Waals surface area contributed by atoms with Crippen LogP contribution in [0.25, 0.3) is 0 Å². The molecule has 1 unspecified atom stereocenters. The van der Waals surface area contributed by atoms with Crippen molar-refractivity contribution in [2.24, 2.45) is 5.73 Å². The average Bonchev–Trinajstić information content (AvgIpc) is 2.60. The standard InChI is InChI=1S/C19H25NO2/c1-19(15-20,16-7-4-3-5-8-16)13-6-14-22-18-11-9-17(21-2)10-12-18/h3-5,7-12H,6,13-15,20H2,1-2H3. The van der Waals surface area contributed by atoms with Crippen LogP contribution in [0.5, 0.6) is 11.5 Å². The fraction of sp³-hybridized carbons (Fsp3) is 0.368. The molecule has 0 saturated carbocycles. The van der Waals surface area contributed by atoms with Crippen LogP contribution in [0.15, 0.2) is 54.6 Å². The Labute approximate surface area is 133 Å². The maximum absolute atomic E-state index is 6.01. The zero-order valence-electron chi connectivity index (χ0n) is 13.4. The van der Waals surface area contributed by atoms with E-state index in [1.807, 2.05) is 30.3 Å². The highest BCUT2D eigenvalue weighted by atomic mass is 16.5. The molecule has 2 aromatic rings. The molecule has 0 bridgehead atoms. The number of hydrogen-bond donors (Lipinski definition) is 1. The van der Waals surface area contributed by atoms with E-state index in [-0.39, 0.29) is 5.41 Å². The van der Waals surface area contributed by atoms with Gasteiger partial charge >= 0.3 is 0 Å². The quantitative estimate of drug-likeness (QED) is 0.755. The molecule has 3 nitrogen and oxygen atoms in total. The first-order valence-corrected chi connectivity index (χ1v) is 7.70. The third-order valence-corrected chi connectivity index (χ3v) is 4.12. The molecule has 0 aromatic heterocycles. The molecular formula is C19H25NO2. The molecule has 1 atom stereocenters. The summed E-state index contributed by atoms with van der Waals surface area (Å²) < 4.78 is 10.9. The van der Waals surface area contributed by atoms with E-state index in [4.69, 9.17) is 15.2 Å². The van der Waals surface area contributed by atoms with Crippen LogP contribution in [-0.4, -0.2) is 20.3 Å².